The van der Waals surface area contributed by atoms with Crippen molar-refractivity contribution < 1.29 is 4.39 Å². The van der Waals surface area contributed by atoms with Gasteiger partial charge in [0, 0.05) is 13.5 Å². The van der Waals surface area contributed by atoms with Crippen LogP contribution in [0.25, 0.3) is 0 Å². The Morgan fingerprint density at radius 1 is 1.50 bits per heavy atom. The van der Waals surface area contributed by atoms with E-state index in [0.29, 0.717) is 17.1 Å². The first-order valence-electron chi connectivity index (χ1n) is 6.34. The van der Waals surface area contributed by atoms with Crippen LogP contribution in [0, 0.1) is 5.82 Å². The molecule has 7 heteroatoms. The van der Waals surface area contributed by atoms with Gasteiger partial charge in [-0.1, -0.05) is 18.5 Å². The summed E-state index contributed by atoms with van der Waals surface area (Å²) in [6.07, 6.45) is 2.46. The molecule has 0 spiro atoms. The summed E-state index contributed by atoms with van der Waals surface area (Å²) in [5.41, 5.74) is 5.07. The summed E-state index contributed by atoms with van der Waals surface area (Å²) < 4.78 is 14.7. The van der Waals surface area contributed by atoms with Crippen molar-refractivity contribution >= 4 is 11.6 Å². The molecule has 0 aliphatic heterocycles. The minimum absolute atomic E-state index is 0.256. The van der Waals surface area contributed by atoms with E-state index in [9.17, 15) is 4.39 Å². The van der Waals surface area contributed by atoms with Crippen molar-refractivity contribution in [3.05, 3.63) is 46.3 Å². The quantitative estimate of drug-likeness (QED) is 0.653. The summed E-state index contributed by atoms with van der Waals surface area (Å²) in [4.78, 5) is 4.04. The van der Waals surface area contributed by atoms with Gasteiger partial charge in [-0.3, -0.25) is 20.9 Å². The molecule has 0 bridgehead atoms. The Labute approximate surface area is 121 Å². The Morgan fingerprint density at radius 2 is 2.25 bits per heavy atom. The molecule has 0 amide bonds. The average molecular weight is 298 g/mol. The molecule has 5 nitrogen and oxygen atoms in total. The second-order valence-corrected chi connectivity index (χ2v) is 4.89. The molecule has 0 radical (unpaired) electrons. The summed E-state index contributed by atoms with van der Waals surface area (Å²) in [6.45, 7) is 2.00. The van der Waals surface area contributed by atoms with Crippen molar-refractivity contribution in [2.75, 3.05) is 0 Å². The van der Waals surface area contributed by atoms with Gasteiger partial charge < -0.3 is 0 Å². The van der Waals surface area contributed by atoms with Gasteiger partial charge in [-0.15, -0.1) is 0 Å². The molecule has 0 fully saturated rings. The van der Waals surface area contributed by atoms with Gasteiger partial charge in [-0.05, 0) is 18.6 Å². The Kier molecular flexibility index (Phi) is 4.69. The van der Waals surface area contributed by atoms with Crippen LogP contribution in [-0.4, -0.2) is 14.8 Å². The minimum atomic E-state index is -0.378. The summed E-state index contributed by atoms with van der Waals surface area (Å²) in [7, 11) is 1.84. The predicted molar refractivity (Wildman–Crippen MR) is 75.6 cm³/mol. The maximum absolute atomic E-state index is 12.9. The normalized spacial score (nSPS) is 12.7. The topological polar surface area (TPSA) is 68.8 Å². The number of aromatic nitrogens is 3. The second kappa shape index (κ2) is 6.30. The van der Waals surface area contributed by atoms with Gasteiger partial charge in [0.05, 0.1) is 34.3 Å². The van der Waals surface area contributed by atoms with E-state index in [4.69, 9.17) is 17.4 Å². The highest BCUT2D eigenvalue weighted by molar-refractivity contribution is 6.31. The van der Waals surface area contributed by atoms with Crippen molar-refractivity contribution in [1.29, 1.82) is 0 Å². The number of hydrogen-bond donors (Lipinski definition) is 2. The van der Waals surface area contributed by atoms with Crippen LogP contribution < -0.4 is 11.3 Å². The highest BCUT2D eigenvalue weighted by atomic mass is 35.5. The van der Waals surface area contributed by atoms with E-state index in [1.165, 1.54) is 12.3 Å². The lowest BCUT2D eigenvalue weighted by Gasteiger charge is -2.15. The minimum Gasteiger partial charge on any atom is -0.271 e. The van der Waals surface area contributed by atoms with Crippen molar-refractivity contribution in [1.82, 2.24) is 20.2 Å². The number of halogens is 2. The fraction of sp³-hybridized carbons (Fsp3) is 0.385. The fourth-order valence-corrected chi connectivity index (χ4v) is 2.45. The van der Waals surface area contributed by atoms with Gasteiger partial charge in [-0.2, -0.15) is 5.10 Å². The van der Waals surface area contributed by atoms with Crippen LogP contribution >= 0.6 is 11.6 Å². The highest BCUT2D eigenvalue weighted by Crippen LogP contribution is 2.25. The summed E-state index contributed by atoms with van der Waals surface area (Å²) in [5, 5.41) is 5.01. The molecule has 2 aromatic rings. The van der Waals surface area contributed by atoms with Crippen molar-refractivity contribution in [3.63, 3.8) is 0 Å². The van der Waals surface area contributed by atoms with Crippen molar-refractivity contribution in [2.45, 2.75) is 25.8 Å². The van der Waals surface area contributed by atoms with Crippen LogP contribution in [0.4, 0.5) is 4.39 Å². The maximum Gasteiger partial charge on any atom is 0.141 e. The van der Waals surface area contributed by atoms with Gasteiger partial charge in [0.1, 0.15) is 5.82 Å². The van der Waals surface area contributed by atoms with Crippen molar-refractivity contribution in [2.24, 2.45) is 12.9 Å². The predicted octanol–water partition coefficient (Wildman–Crippen LogP) is 1.92. The van der Waals surface area contributed by atoms with Crippen LogP contribution in [0.2, 0.25) is 5.02 Å². The zero-order valence-electron chi connectivity index (χ0n) is 11.4. The van der Waals surface area contributed by atoms with Crippen molar-refractivity contribution in [3.8, 4) is 0 Å². The Bertz CT molecular complexity index is 581. The zero-order valence-corrected chi connectivity index (χ0v) is 12.2. The van der Waals surface area contributed by atoms with Gasteiger partial charge in [0.2, 0.25) is 0 Å². The van der Waals surface area contributed by atoms with E-state index < -0.39 is 0 Å². The maximum atomic E-state index is 12.9. The van der Waals surface area contributed by atoms with Gasteiger partial charge in [0.15, 0.2) is 0 Å². The number of nitrogens with zero attached hydrogens (tertiary/aromatic N) is 3. The number of nitrogens with two attached hydrogens (primary N) is 1. The largest absolute Gasteiger partial charge is 0.271 e. The highest BCUT2D eigenvalue weighted by Gasteiger charge is 2.19. The van der Waals surface area contributed by atoms with Gasteiger partial charge >= 0.3 is 0 Å². The number of aryl methyl sites for hydroxylation is 2. The lowest BCUT2D eigenvalue weighted by Crippen LogP contribution is -2.30. The molecule has 2 rings (SSSR count). The lowest BCUT2D eigenvalue weighted by molar-refractivity contribution is 0.515. The monoisotopic (exact) mass is 297 g/mol. The van der Waals surface area contributed by atoms with Gasteiger partial charge in [0.25, 0.3) is 0 Å². The first-order chi connectivity index (χ1) is 9.56. The molecule has 0 aliphatic rings. The summed E-state index contributed by atoms with van der Waals surface area (Å²) in [6, 6.07) is 2.70. The molecular formula is C13H17ClFN5. The first kappa shape index (κ1) is 14.9. The molecule has 20 heavy (non-hydrogen) atoms. The standard InChI is InChI=1S/C13H17ClFN5/c1-3-9-13(14)12(20(2)19-9)6-11(18-16)10-5-4-8(15)7-17-10/h4-5,7,11,18H,3,6,16H2,1-2H3. The molecule has 2 aromatic heterocycles. The molecule has 0 saturated carbocycles. The number of nitrogens with one attached hydrogen (secondary N) is 1. The van der Waals surface area contributed by atoms with Crippen LogP contribution in [0.3, 0.4) is 0 Å². The molecule has 108 valence electrons. The molecular weight excluding hydrogens is 281 g/mol. The Hall–Kier alpha value is -1.50. The summed E-state index contributed by atoms with van der Waals surface area (Å²) in [5.74, 6) is 5.20. The van der Waals surface area contributed by atoms with E-state index in [2.05, 4.69) is 15.5 Å². The molecule has 2 heterocycles. The Morgan fingerprint density at radius 3 is 2.75 bits per heavy atom. The third-order valence-corrected chi connectivity index (χ3v) is 3.65. The zero-order chi connectivity index (χ0) is 14.7. The molecule has 1 atom stereocenters. The number of pyridine rings is 1. The van der Waals surface area contributed by atoms with Crippen LogP contribution in [0.1, 0.15) is 30.0 Å². The third kappa shape index (κ3) is 2.98. The fourth-order valence-electron chi connectivity index (χ4n) is 2.08. The SMILES string of the molecule is CCc1nn(C)c(CC(NN)c2ccc(F)cn2)c1Cl. The Balaban J connectivity index is 2.26. The molecule has 1 unspecified atom stereocenters. The van der Waals surface area contributed by atoms with E-state index in [1.54, 1.807) is 10.7 Å². The van der Waals surface area contributed by atoms with E-state index in [1.807, 2.05) is 14.0 Å². The molecule has 0 aliphatic carbocycles. The van der Waals surface area contributed by atoms with Crippen LogP contribution in [-0.2, 0) is 19.9 Å². The van der Waals surface area contributed by atoms with E-state index in [0.717, 1.165) is 17.8 Å². The number of hydrogen-bond acceptors (Lipinski definition) is 4. The lowest BCUT2D eigenvalue weighted by atomic mass is 10.1. The molecule has 0 aromatic carbocycles. The number of rotatable bonds is 5. The van der Waals surface area contributed by atoms with Crippen LogP contribution in [0.15, 0.2) is 18.3 Å². The van der Waals surface area contributed by atoms with E-state index >= 15 is 0 Å². The molecule has 3 N–H and O–H groups in total. The first-order valence-corrected chi connectivity index (χ1v) is 6.72. The van der Waals surface area contributed by atoms with Crippen LogP contribution in [0.5, 0.6) is 0 Å². The average Bonchev–Trinajstić information content (AvgIpc) is 2.72. The van der Waals surface area contributed by atoms with E-state index in [-0.39, 0.29) is 11.9 Å². The second-order valence-electron chi connectivity index (χ2n) is 4.51. The summed E-state index contributed by atoms with van der Waals surface area (Å²) >= 11 is 6.31. The molecule has 0 saturated heterocycles. The van der Waals surface area contributed by atoms with Gasteiger partial charge in [-0.25, -0.2) is 4.39 Å². The smallest absolute Gasteiger partial charge is 0.141 e. The third-order valence-electron chi connectivity index (χ3n) is 3.21. The number of hydrazine groups is 1.